The Balaban J connectivity index is 1.49. The van der Waals surface area contributed by atoms with Crippen LogP contribution < -0.4 is 9.47 Å². The van der Waals surface area contributed by atoms with E-state index >= 15 is 0 Å². The number of ether oxygens (including phenoxy) is 2. The normalized spacial score (nSPS) is 21.9. The molecule has 0 aromatic heterocycles. The molecule has 35 heavy (non-hydrogen) atoms. The summed E-state index contributed by atoms with van der Waals surface area (Å²) < 4.78 is 39.6. The van der Waals surface area contributed by atoms with Crippen molar-refractivity contribution in [3.8, 4) is 11.5 Å². The summed E-state index contributed by atoms with van der Waals surface area (Å²) in [6.45, 7) is 1.00. The van der Waals surface area contributed by atoms with Crippen molar-refractivity contribution in [2.24, 2.45) is 0 Å². The molecule has 0 spiro atoms. The van der Waals surface area contributed by atoms with E-state index in [2.05, 4.69) is 41.3 Å². The summed E-state index contributed by atoms with van der Waals surface area (Å²) in [4.78, 5) is 2.88. The molecule has 0 radical (unpaired) electrons. The van der Waals surface area contributed by atoms with E-state index in [1.807, 2.05) is 18.2 Å². The minimum Gasteiger partial charge on any atom is -0.497 e. The first kappa shape index (κ1) is 23.9. The maximum absolute atomic E-state index is 13.6. The van der Waals surface area contributed by atoms with E-state index in [1.165, 1.54) is 11.1 Å². The van der Waals surface area contributed by atoms with Gasteiger partial charge >= 0.3 is 0 Å². The number of sulfonamides is 1. The second kappa shape index (κ2) is 10.0. The van der Waals surface area contributed by atoms with Gasteiger partial charge in [0.05, 0.1) is 25.2 Å². The van der Waals surface area contributed by atoms with E-state index < -0.39 is 10.0 Å². The highest BCUT2D eigenvalue weighted by atomic mass is 32.2. The van der Waals surface area contributed by atoms with Gasteiger partial charge in [-0.05, 0) is 66.8 Å². The maximum atomic E-state index is 13.6. The Morgan fingerprint density at radius 1 is 0.771 bits per heavy atom. The average Bonchev–Trinajstić information content (AvgIpc) is 3.17. The van der Waals surface area contributed by atoms with Crippen LogP contribution in [-0.2, 0) is 10.0 Å². The molecule has 184 valence electrons. The van der Waals surface area contributed by atoms with Crippen molar-refractivity contribution in [1.82, 2.24) is 9.21 Å². The molecule has 2 aliphatic heterocycles. The summed E-state index contributed by atoms with van der Waals surface area (Å²) in [5.41, 5.74) is 2.38. The fraction of sp³-hybridized carbons (Fsp3) is 0.357. The van der Waals surface area contributed by atoms with Crippen LogP contribution >= 0.6 is 0 Å². The van der Waals surface area contributed by atoms with Gasteiger partial charge in [0, 0.05) is 25.2 Å². The highest BCUT2D eigenvalue weighted by Gasteiger charge is 2.44. The number of hydrogen-bond donors (Lipinski definition) is 0. The van der Waals surface area contributed by atoms with Gasteiger partial charge in [-0.15, -0.1) is 0 Å². The van der Waals surface area contributed by atoms with Gasteiger partial charge in [0.2, 0.25) is 10.0 Å². The SMILES string of the molecule is COc1ccc(S(=O)(=O)N2CC[C@H]3CC[C@@H](C2)N3[C@H](c2ccccc2)c2cccc(OC)c2)cc1. The molecule has 6 nitrogen and oxygen atoms in total. The topological polar surface area (TPSA) is 59.1 Å². The molecule has 2 bridgehead atoms. The maximum Gasteiger partial charge on any atom is 0.243 e. The van der Waals surface area contributed by atoms with Crippen molar-refractivity contribution in [2.75, 3.05) is 27.3 Å². The van der Waals surface area contributed by atoms with Crippen molar-refractivity contribution in [2.45, 2.75) is 42.3 Å². The quantitative estimate of drug-likeness (QED) is 0.478. The van der Waals surface area contributed by atoms with E-state index in [0.29, 0.717) is 29.8 Å². The zero-order valence-electron chi connectivity index (χ0n) is 20.2. The molecule has 2 saturated heterocycles. The first-order valence-electron chi connectivity index (χ1n) is 12.1. The molecule has 3 aromatic rings. The standard InChI is InChI=1S/C28H32N2O4S/c1-33-25-13-15-27(16-14-25)35(31,32)29-18-17-23-11-12-24(20-29)30(23)28(21-7-4-3-5-8-21)22-9-6-10-26(19-22)34-2/h3-10,13-16,19,23-24,28H,11-12,17-18,20H2,1-2H3/t23-,24+,28-/m1/s1. The Morgan fingerprint density at radius 2 is 1.46 bits per heavy atom. The Kier molecular flexibility index (Phi) is 6.82. The number of fused-ring (bicyclic) bond motifs is 2. The van der Waals surface area contributed by atoms with E-state index in [4.69, 9.17) is 9.47 Å². The molecular formula is C28H32N2O4S. The molecule has 0 unspecified atom stereocenters. The van der Waals surface area contributed by atoms with Crippen LogP contribution in [-0.4, -0.2) is 57.0 Å². The zero-order chi connectivity index (χ0) is 24.4. The molecular weight excluding hydrogens is 460 g/mol. The lowest BCUT2D eigenvalue weighted by Gasteiger charge is -2.37. The highest BCUT2D eigenvalue weighted by molar-refractivity contribution is 7.89. The van der Waals surface area contributed by atoms with Crippen LogP contribution in [0.2, 0.25) is 0 Å². The van der Waals surface area contributed by atoms with E-state index in [0.717, 1.165) is 25.0 Å². The first-order chi connectivity index (χ1) is 17.0. The second-order valence-electron chi connectivity index (χ2n) is 9.25. The number of benzene rings is 3. The first-order valence-corrected chi connectivity index (χ1v) is 13.6. The summed E-state index contributed by atoms with van der Waals surface area (Å²) in [7, 11) is -0.324. The highest BCUT2D eigenvalue weighted by Crippen LogP contribution is 2.42. The Hall–Kier alpha value is -2.87. The molecule has 2 heterocycles. The van der Waals surface area contributed by atoms with E-state index in [9.17, 15) is 8.42 Å². The zero-order valence-corrected chi connectivity index (χ0v) is 21.0. The van der Waals surface area contributed by atoms with Crippen LogP contribution in [0.4, 0.5) is 0 Å². The number of methoxy groups -OCH3 is 2. The van der Waals surface area contributed by atoms with E-state index in [-0.39, 0.29) is 12.1 Å². The predicted molar refractivity (Wildman–Crippen MR) is 136 cm³/mol. The third kappa shape index (κ3) is 4.68. The van der Waals surface area contributed by atoms with Crippen molar-refractivity contribution in [1.29, 1.82) is 0 Å². The average molecular weight is 493 g/mol. The smallest absolute Gasteiger partial charge is 0.243 e. The fourth-order valence-electron chi connectivity index (χ4n) is 5.60. The number of rotatable bonds is 7. The molecule has 0 saturated carbocycles. The van der Waals surface area contributed by atoms with Gasteiger partial charge in [-0.2, -0.15) is 4.31 Å². The fourth-order valence-corrected chi connectivity index (χ4v) is 7.09. The van der Waals surface area contributed by atoms with Gasteiger partial charge in [0.15, 0.2) is 0 Å². The molecule has 0 amide bonds. The number of hydrogen-bond acceptors (Lipinski definition) is 5. The molecule has 5 rings (SSSR count). The molecule has 0 aliphatic carbocycles. The van der Waals surface area contributed by atoms with Gasteiger partial charge in [-0.1, -0.05) is 42.5 Å². The molecule has 0 N–H and O–H groups in total. The lowest BCUT2D eigenvalue weighted by Crippen LogP contribution is -2.43. The van der Waals surface area contributed by atoms with Crippen LogP contribution in [0, 0.1) is 0 Å². The monoisotopic (exact) mass is 492 g/mol. The van der Waals surface area contributed by atoms with Crippen molar-refractivity contribution < 1.29 is 17.9 Å². The summed E-state index contributed by atoms with van der Waals surface area (Å²) in [5.74, 6) is 1.48. The second-order valence-corrected chi connectivity index (χ2v) is 11.2. The predicted octanol–water partition coefficient (Wildman–Crippen LogP) is 4.72. The molecule has 7 heteroatoms. The van der Waals surface area contributed by atoms with Crippen LogP contribution in [0.1, 0.15) is 36.4 Å². The molecule has 3 aromatic carbocycles. The Morgan fingerprint density at radius 3 is 2.17 bits per heavy atom. The molecule has 3 atom stereocenters. The Bertz CT molecular complexity index is 1250. The van der Waals surface area contributed by atoms with Crippen LogP contribution in [0.15, 0.2) is 83.8 Å². The minimum atomic E-state index is -3.59. The third-order valence-corrected chi connectivity index (χ3v) is 9.20. The van der Waals surface area contributed by atoms with Gasteiger partial charge in [0.1, 0.15) is 11.5 Å². The van der Waals surface area contributed by atoms with E-state index in [1.54, 1.807) is 42.8 Å². The van der Waals surface area contributed by atoms with Crippen LogP contribution in [0.5, 0.6) is 11.5 Å². The van der Waals surface area contributed by atoms with Crippen LogP contribution in [0.3, 0.4) is 0 Å². The molecule has 2 fully saturated rings. The number of nitrogens with zero attached hydrogens (tertiary/aromatic N) is 2. The van der Waals surface area contributed by atoms with Crippen molar-refractivity contribution in [3.63, 3.8) is 0 Å². The lowest BCUT2D eigenvalue weighted by molar-refractivity contribution is 0.155. The summed E-state index contributed by atoms with van der Waals surface area (Å²) >= 11 is 0. The van der Waals surface area contributed by atoms with Gasteiger partial charge in [-0.3, -0.25) is 4.90 Å². The van der Waals surface area contributed by atoms with Crippen molar-refractivity contribution in [3.05, 3.63) is 90.0 Å². The Labute approximate surface area is 208 Å². The molecule has 2 aliphatic rings. The minimum absolute atomic E-state index is 0.0347. The largest absolute Gasteiger partial charge is 0.497 e. The van der Waals surface area contributed by atoms with Gasteiger partial charge in [-0.25, -0.2) is 8.42 Å². The summed E-state index contributed by atoms with van der Waals surface area (Å²) in [6, 6.07) is 25.9. The van der Waals surface area contributed by atoms with Crippen LogP contribution in [0.25, 0.3) is 0 Å². The lowest BCUT2D eigenvalue weighted by atomic mass is 9.95. The van der Waals surface area contributed by atoms with Crippen molar-refractivity contribution >= 4 is 10.0 Å². The summed E-state index contributed by atoms with van der Waals surface area (Å²) in [6.07, 6.45) is 2.86. The summed E-state index contributed by atoms with van der Waals surface area (Å²) in [5, 5.41) is 0. The van der Waals surface area contributed by atoms with Gasteiger partial charge < -0.3 is 9.47 Å². The van der Waals surface area contributed by atoms with Gasteiger partial charge in [0.25, 0.3) is 0 Å². The third-order valence-electron chi connectivity index (χ3n) is 7.32.